The molecule has 1 aromatic heterocycles. The molecule has 1 unspecified atom stereocenters. The minimum absolute atomic E-state index is 0.0605. The van der Waals surface area contributed by atoms with E-state index in [2.05, 4.69) is 64.8 Å². The lowest BCUT2D eigenvalue weighted by Gasteiger charge is -2.31. The molecule has 1 heterocycles. The highest BCUT2D eigenvalue weighted by Crippen LogP contribution is 2.36. The van der Waals surface area contributed by atoms with E-state index in [9.17, 15) is 10.1 Å². The largest absolute Gasteiger partial charge is 0.355 e. The van der Waals surface area contributed by atoms with Crippen LogP contribution in [0.5, 0.6) is 0 Å². The highest BCUT2D eigenvalue weighted by molar-refractivity contribution is 5.82. The lowest BCUT2D eigenvalue weighted by molar-refractivity contribution is -0.123. The molecule has 206 valence electrons. The molecular formula is C34H39N5O. The van der Waals surface area contributed by atoms with Crippen molar-refractivity contribution in [2.24, 2.45) is 5.92 Å². The summed E-state index contributed by atoms with van der Waals surface area (Å²) in [7, 11) is 0. The van der Waals surface area contributed by atoms with Crippen molar-refractivity contribution in [3.8, 4) is 6.07 Å². The van der Waals surface area contributed by atoms with Crippen LogP contribution in [0.15, 0.2) is 104 Å². The van der Waals surface area contributed by atoms with Crippen LogP contribution in [0.3, 0.4) is 0 Å². The van der Waals surface area contributed by atoms with Crippen LogP contribution in [0, 0.1) is 17.2 Å². The molecule has 0 fully saturated rings. The predicted octanol–water partition coefficient (Wildman–Crippen LogP) is 5.76. The van der Waals surface area contributed by atoms with Crippen LogP contribution >= 0.6 is 0 Å². The Hall–Kier alpha value is -4.21. The molecule has 6 heteroatoms. The lowest BCUT2D eigenvalue weighted by atomic mass is 9.70. The molecular weight excluding hydrogens is 494 g/mol. The van der Waals surface area contributed by atoms with E-state index in [4.69, 9.17) is 0 Å². The Kier molecular flexibility index (Phi) is 10.3. The zero-order valence-electron chi connectivity index (χ0n) is 23.4. The second-order valence-corrected chi connectivity index (χ2v) is 10.6. The van der Waals surface area contributed by atoms with Gasteiger partial charge >= 0.3 is 0 Å². The van der Waals surface area contributed by atoms with Crippen LogP contribution in [0.2, 0.25) is 0 Å². The highest BCUT2D eigenvalue weighted by atomic mass is 16.2. The average molecular weight is 534 g/mol. The van der Waals surface area contributed by atoms with Crippen molar-refractivity contribution in [3.05, 3.63) is 126 Å². The number of nitriles is 1. The first-order valence-corrected chi connectivity index (χ1v) is 14.1. The van der Waals surface area contributed by atoms with Crippen molar-refractivity contribution in [2.45, 2.75) is 50.5 Å². The van der Waals surface area contributed by atoms with Gasteiger partial charge in [-0.1, -0.05) is 105 Å². The Morgan fingerprint density at radius 2 is 1.55 bits per heavy atom. The van der Waals surface area contributed by atoms with Gasteiger partial charge in [0.25, 0.3) is 0 Å². The lowest BCUT2D eigenvalue weighted by Crippen LogP contribution is -2.47. The molecule has 0 spiro atoms. The van der Waals surface area contributed by atoms with E-state index in [0.717, 1.165) is 11.3 Å². The molecule has 4 rings (SSSR count). The molecule has 0 aliphatic carbocycles. The molecule has 0 saturated heterocycles. The van der Waals surface area contributed by atoms with E-state index < -0.39 is 11.5 Å². The quantitative estimate of drug-likeness (QED) is 0.180. The molecule has 6 nitrogen and oxygen atoms in total. The number of benzene rings is 3. The number of hydrogen-bond acceptors (Lipinski definition) is 4. The number of carbonyl (C=O) groups is 1. The third kappa shape index (κ3) is 7.25. The molecule has 3 N–H and O–H groups in total. The van der Waals surface area contributed by atoms with Gasteiger partial charge in [0.2, 0.25) is 5.91 Å². The first-order valence-electron chi connectivity index (χ1n) is 14.1. The Bertz CT molecular complexity index is 1290. The molecule has 2 atom stereocenters. The Morgan fingerprint density at radius 3 is 2.08 bits per heavy atom. The maximum Gasteiger partial charge on any atom is 0.237 e. The van der Waals surface area contributed by atoms with Gasteiger partial charge in [0.1, 0.15) is 0 Å². The van der Waals surface area contributed by atoms with Crippen LogP contribution in [-0.4, -0.2) is 35.0 Å². The van der Waals surface area contributed by atoms with Gasteiger partial charge in [-0.15, -0.1) is 0 Å². The third-order valence-electron chi connectivity index (χ3n) is 7.78. The number of carbonyl (C=O) groups excluding carboxylic acids is 1. The number of H-pyrrole nitrogens is 1. The minimum atomic E-state index is -0.586. The van der Waals surface area contributed by atoms with Crippen molar-refractivity contribution in [3.63, 3.8) is 0 Å². The van der Waals surface area contributed by atoms with Crippen LogP contribution in [0.1, 0.15) is 55.0 Å². The highest BCUT2D eigenvalue weighted by Gasteiger charge is 2.35. The van der Waals surface area contributed by atoms with Crippen molar-refractivity contribution < 1.29 is 4.79 Å². The second kappa shape index (κ2) is 14.3. The predicted molar refractivity (Wildman–Crippen MR) is 160 cm³/mol. The fourth-order valence-corrected chi connectivity index (χ4v) is 5.38. The number of hydrogen-bond donors (Lipinski definition) is 3. The summed E-state index contributed by atoms with van der Waals surface area (Å²) in [6, 6.07) is 32.9. The van der Waals surface area contributed by atoms with Crippen LogP contribution in [0.25, 0.3) is 0 Å². The average Bonchev–Trinajstić information content (AvgIpc) is 3.51. The van der Waals surface area contributed by atoms with E-state index in [1.807, 2.05) is 72.9 Å². The van der Waals surface area contributed by atoms with Crippen molar-refractivity contribution in [1.29, 1.82) is 5.26 Å². The minimum Gasteiger partial charge on any atom is -0.355 e. The summed E-state index contributed by atoms with van der Waals surface area (Å²) in [6.45, 7) is 5.29. The van der Waals surface area contributed by atoms with Gasteiger partial charge in [0, 0.05) is 31.6 Å². The van der Waals surface area contributed by atoms with E-state index in [-0.39, 0.29) is 17.7 Å². The fourth-order valence-electron chi connectivity index (χ4n) is 5.38. The number of amides is 1. The first kappa shape index (κ1) is 28.8. The maximum atomic E-state index is 13.5. The zero-order valence-corrected chi connectivity index (χ0v) is 23.4. The summed E-state index contributed by atoms with van der Waals surface area (Å²) in [5, 5.41) is 16.9. The van der Waals surface area contributed by atoms with Gasteiger partial charge in [-0.05, 0) is 35.4 Å². The summed E-state index contributed by atoms with van der Waals surface area (Å²) in [5.41, 5.74) is 3.67. The zero-order chi connectivity index (χ0) is 28.2. The normalized spacial score (nSPS) is 13.5. The number of rotatable bonds is 14. The van der Waals surface area contributed by atoms with Gasteiger partial charge in [-0.3, -0.25) is 4.79 Å². The standard InChI is InChI=1S/C34H39N5O/c1-26(2)34(24-35,29-17-10-5-11-18-29)19-12-20-37-33(40)32(21-30-22-36-25-39-30)38-23-31(27-13-6-3-7-14-27)28-15-8-4-9-16-28/h3-11,13-18,22,25-26,31-32,38H,12,19-21,23H2,1-2H3,(H,36,39)(H,37,40)/t32-,34?/m0/s1. The van der Waals surface area contributed by atoms with E-state index in [1.54, 1.807) is 6.33 Å². The molecule has 40 heavy (non-hydrogen) atoms. The van der Waals surface area contributed by atoms with E-state index >= 15 is 0 Å². The van der Waals surface area contributed by atoms with Gasteiger partial charge in [-0.25, -0.2) is 4.98 Å². The molecule has 0 aliphatic rings. The topological polar surface area (TPSA) is 93.6 Å². The SMILES string of the molecule is CC(C)C(C#N)(CCCNC(=O)[C@H](Cc1c[nH]cn1)NCC(c1ccccc1)c1ccccc1)c1ccccc1. The van der Waals surface area contributed by atoms with Crippen molar-refractivity contribution >= 4 is 5.91 Å². The van der Waals surface area contributed by atoms with Gasteiger partial charge in [0.15, 0.2) is 0 Å². The molecule has 4 aromatic rings. The van der Waals surface area contributed by atoms with E-state index in [1.165, 1.54) is 11.1 Å². The number of imidazole rings is 1. The Balaban J connectivity index is 1.43. The van der Waals surface area contributed by atoms with Crippen molar-refractivity contribution in [2.75, 3.05) is 13.1 Å². The molecule has 0 radical (unpaired) electrons. The molecule has 1 amide bonds. The Labute approximate surface area is 237 Å². The summed E-state index contributed by atoms with van der Waals surface area (Å²) in [4.78, 5) is 20.8. The van der Waals surface area contributed by atoms with Gasteiger partial charge in [0.05, 0.1) is 29.5 Å². The monoisotopic (exact) mass is 533 g/mol. The van der Waals surface area contributed by atoms with Gasteiger partial charge in [-0.2, -0.15) is 5.26 Å². The summed E-state index contributed by atoms with van der Waals surface area (Å²) in [6.07, 6.45) is 5.32. The number of nitrogens with one attached hydrogen (secondary N) is 3. The summed E-state index contributed by atoms with van der Waals surface area (Å²) in [5.74, 6) is 0.192. The fraction of sp³-hybridized carbons (Fsp3) is 0.324. The number of aromatic nitrogens is 2. The summed E-state index contributed by atoms with van der Waals surface area (Å²) < 4.78 is 0. The molecule has 0 saturated carbocycles. The Morgan fingerprint density at radius 1 is 0.950 bits per heavy atom. The number of nitrogens with zero attached hydrogens (tertiary/aromatic N) is 2. The first-order chi connectivity index (χ1) is 19.5. The molecule has 0 aliphatic heterocycles. The maximum absolute atomic E-state index is 13.5. The van der Waals surface area contributed by atoms with Crippen LogP contribution < -0.4 is 10.6 Å². The van der Waals surface area contributed by atoms with E-state index in [0.29, 0.717) is 32.4 Å². The molecule has 3 aromatic carbocycles. The van der Waals surface area contributed by atoms with Crippen molar-refractivity contribution in [1.82, 2.24) is 20.6 Å². The van der Waals surface area contributed by atoms with Gasteiger partial charge < -0.3 is 15.6 Å². The third-order valence-corrected chi connectivity index (χ3v) is 7.78. The second-order valence-electron chi connectivity index (χ2n) is 10.6. The van der Waals surface area contributed by atoms with Crippen LogP contribution in [0.4, 0.5) is 0 Å². The number of aromatic amines is 1. The van der Waals surface area contributed by atoms with Crippen LogP contribution in [-0.2, 0) is 16.6 Å². The smallest absolute Gasteiger partial charge is 0.237 e. The molecule has 0 bridgehead atoms. The summed E-state index contributed by atoms with van der Waals surface area (Å²) >= 11 is 0.